The van der Waals surface area contributed by atoms with Crippen molar-refractivity contribution in [2.45, 2.75) is 49.3 Å². The highest BCUT2D eigenvalue weighted by Crippen LogP contribution is 2.28. The van der Waals surface area contributed by atoms with Crippen molar-refractivity contribution in [2.75, 3.05) is 0 Å². The van der Waals surface area contributed by atoms with Crippen molar-refractivity contribution in [3.63, 3.8) is 0 Å². The Morgan fingerprint density at radius 3 is 1.55 bits per heavy atom. The van der Waals surface area contributed by atoms with Crippen LogP contribution in [0.5, 0.6) is 0 Å². The van der Waals surface area contributed by atoms with E-state index in [2.05, 4.69) is 26.0 Å². The van der Waals surface area contributed by atoms with Gasteiger partial charge in [-0.3, -0.25) is 0 Å². The molecule has 2 aromatic rings. The van der Waals surface area contributed by atoms with Crippen molar-refractivity contribution >= 4 is 11.2 Å². The predicted molar refractivity (Wildman–Crippen MR) is 85.5 cm³/mol. The third-order valence-corrected chi connectivity index (χ3v) is 4.98. The first-order chi connectivity index (χ1) is 9.77. The minimum atomic E-state index is -1.07. The Hall–Kier alpha value is -1.25. The summed E-state index contributed by atoms with van der Waals surface area (Å²) >= 11 is -1.07. The molecule has 1 nitrogen and oxygen atoms in total. The van der Waals surface area contributed by atoms with Crippen molar-refractivity contribution in [2.24, 2.45) is 0 Å². The number of hydrogen-bond acceptors (Lipinski definition) is 1. The van der Waals surface area contributed by atoms with Crippen LogP contribution in [-0.4, -0.2) is 4.55 Å². The molecule has 0 aliphatic heterocycles. The van der Waals surface area contributed by atoms with Gasteiger partial charge in [-0.15, -0.1) is 0 Å². The molecule has 0 aliphatic rings. The van der Waals surface area contributed by atoms with Gasteiger partial charge in [0.15, 0.2) is 9.79 Å². The Morgan fingerprint density at radius 2 is 1.15 bits per heavy atom. The van der Waals surface area contributed by atoms with Crippen LogP contribution in [0.25, 0.3) is 0 Å². The summed E-state index contributed by atoms with van der Waals surface area (Å²) in [4.78, 5) is 1.94. The van der Waals surface area contributed by atoms with Gasteiger partial charge in [0.25, 0.3) is 0 Å². The van der Waals surface area contributed by atoms with Gasteiger partial charge in [0.1, 0.15) is 0 Å². The molecule has 0 spiro atoms. The molecule has 0 heterocycles. The SMILES string of the molecule is CCCc1ccccc1[S+]([O-])c1ccccc1CCC. The van der Waals surface area contributed by atoms with Crippen LogP contribution in [0.15, 0.2) is 58.3 Å². The van der Waals surface area contributed by atoms with E-state index >= 15 is 0 Å². The summed E-state index contributed by atoms with van der Waals surface area (Å²) in [6.07, 6.45) is 4.12. The molecule has 2 heteroatoms. The number of hydrogen-bond donors (Lipinski definition) is 0. The Kier molecular flexibility index (Phi) is 5.69. The van der Waals surface area contributed by atoms with Crippen LogP contribution >= 0.6 is 0 Å². The van der Waals surface area contributed by atoms with Crippen LogP contribution < -0.4 is 0 Å². The normalized spacial score (nSPS) is 11.0. The van der Waals surface area contributed by atoms with E-state index in [0.29, 0.717) is 0 Å². The summed E-state index contributed by atoms with van der Waals surface area (Å²) in [7, 11) is 0. The van der Waals surface area contributed by atoms with Gasteiger partial charge in [0, 0.05) is 22.3 Å². The summed E-state index contributed by atoms with van der Waals surface area (Å²) in [5.74, 6) is 0. The molecule has 2 aromatic carbocycles. The first-order valence-electron chi connectivity index (χ1n) is 7.35. The van der Waals surface area contributed by atoms with Crippen LogP contribution in [0.1, 0.15) is 37.8 Å². The Morgan fingerprint density at radius 1 is 0.750 bits per heavy atom. The molecule has 0 bridgehead atoms. The molecule has 0 atom stereocenters. The maximum Gasteiger partial charge on any atom is 0.161 e. The molecular formula is C18H22OS. The second-order valence-electron chi connectivity index (χ2n) is 4.98. The lowest BCUT2D eigenvalue weighted by molar-refractivity contribution is 0.592. The van der Waals surface area contributed by atoms with E-state index in [4.69, 9.17) is 0 Å². The largest absolute Gasteiger partial charge is 0.606 e. The number of benzene rings is 2. The Labute approximate surface area is 125 Å². The zero-order valence-corrected chi connectivity index (χ0v) is 13.1. The van der Waals surface area contributed by atoms with Gasteiger partial charge in [-0.1, -0.05) is 63.1 Å². The Bertz CT molecular complexity index is 501. The second kappa shape index (κ2) is 7.51. The zero-order chi connectivity index (χ0) is 14.4. The standard InChI is InChI=1S/C18H22OS/c1-3-9-15-11-5-7-13-17(15)20(19)18-14-8-6-12-16(18)10-4-2/h5-8,11-14H,3-4,9-10H2,1-2H3. The van der Waals surface area contributed by atoms with Gasteiger partial charge in [-0.05, 0) is 25.0 Å². The lowest BCUT2D eigenvalue weighted by Crippen LogP contribution is -2.08. The lowest BCUT2D eigenvalue weighted by Gasteiger charge is -2.16. The molecule has 0 radical (unpaired) electrons. The fraction of sp³-hybridized carbons (Fsp3) is 0.333. The number of aryl methyl sites for hydroxylation is 2. The predicted octanol–water partition coefficient (Wildman–Crippen LogP) is 4.76. The van der Waals surface area contributed by atoms with E-state index in [1.807, 2.05) is 36.4 Å². The topological polar surface area (TPSA) is 23.1 Å². The highest BCUT2D eigenvalue weighted by atomic mass is 32.2. The summed E-state index contributed by atoms with van der Waals surface area (Å²) in [5.41, 5.74) is 2.42. The smallest absolute Gasteiger partial charge is 0.161 e. The molecule has 0 amide bonds. The fourth-order valence-corrected chi connectivity index (χ4v) is 3.90. The van der Waals surface area contributed by atoms with Crippen LogP contribution in [-0.2, 0) is 24.0 Å². The van der Waals surface area contributed by atoms with E-state index in [9.17, 15) is 4.55 Å². The van der Waals surface area contributed by atoms with E-state index in [0.717, 1.165) is 35.5 Å². The first-order valence-corrected chi connectivity index (χ1v) is 8.50. The monoisotopic (exact) mass is 286 g/mol. The van der Waals surface area contributed by atoms with Gasteiger partial charge in [0.05, 0.1) is 0 Å². The van der Waals surface area contributed by atoms with Crippen molar-refractivity contribution in [1.82, 2.24) is 0 Å². The molecular weight excluding hydrogens is 264 g/mol. The maximum absolute atomic E-state index is 12.9. The van der Waals surface area contributed by atoms with Crippen LogP contribution in [0.4, 0.5) is 0 Å². The third-order valence-electron chi connectivity index (χ3n) is 3.38. The summed E-state index contributed by atoms with van der Waals surface area (Å²) < 4.78 is 12.9. The minimum Gasteiger partial charge on any atom is -0.606 e. The summed E-state index contributed by atoms with van der Waals surface area (Å²) in [5, 5.41) is 0. The van der Waals surface area contributed by atoms with Gasteiger partial charge < -0.3 is 4.55 Å². The van der Waals surface area contributed by atoms with Gasteiger partial charge >= 0.3 is 0 Å². The molecule has 0 N–H and O–H groups in total. The van der Waals surface area contributed by atoms with Crippen molar-refractivity contribution in [3.05, 3.63) is 59.7 Å². The second-order valence-corrected chi connectivity index (χ2v) is 6.40. The molecule has 0 unspecified atom stereocenters. The van der Waals surface area contributed by atoms with Crippen molar-refractivity contribution < 1.29 is 4.55 Å². The highest BCUT2D eigenvalue weighted by molar-refractivity contribution is 7.91. The van der Waals surface area contributed by atoms with Gasteiger partial charge in [-0.25, -0.2) is 0 Å². The highest BCUT2D eigenvalue weighted by Gasteiger charge is 2.21. The molecule has 0 fully saturated rings. The van der Waals surface area contributed by atoms with E-state index < -0.39 is 11.2 Å². The molecule has 0 aromatic heterocycles. The van der Waals surface area contributed by atoms with E-state index in [1.165, 1.54) is 11.1 Å². The lowest BCUT2D eigenvalue weighted by atomic mass is 10.1. The Balaban J connectivity index is 2.38. The third kappa shape index (κ3) is 3.44. The molecule has 0 saturated carbocycles. The quantitative estimate of drug-likeness (QED) is 0.702. The van der Waals surface area contributed by atoms with Crippen LogP contribution in [0, 0.1) is 0 Å². The van der Waals surface area contributed by atoms with Gasteiger partial charge in [-0.2, -0.15) is 0 Å². The molecule has 106 valence electrons. The first kappa shape index (κ1) is 15.1. The molecule has 20 heavy (non-hydrogen) atoms. The average Bonchev–Trinajstić information content (AvgIpc) is 2.48. The van der Waals surface area contributed by atoms with Crippen molar-refractivity contribution in [3.8, 4) is 0 Å². The van der Waals surface area contributed by atoms with Gasteiger partial charge in [0.2, 0.25) is 0 Å². The molecule has 0 saturated heterocycles. The molecule has 0 aliphatic carbocycles. The fourth-order valence-electron chi connectivity index (χ4n) is 2.44. The van der Waals surface area contributed by atoms with E-state index in [-0.39, 0.29) is 0 Å². The molecule has 2 rings (SSSR count). The number of rotatable bonds is 6. The van der Waals surface area contributed by atoms with E-state index in [1.54, 1.807) is 0 Å². The maximum atomic E-state index is 12.9. The van der Waals surface area contributed by atoms with Crippen LogP contribution in [0.3, 0.4) is 0 Å². The van der Waals surface area contributed by atoms with Crippen molar-refractivity contribution in [1.29, 1.82) is 0 Å². The van der Waals surface area contributed by atoms with Crippen LogP contribution in [0.2, 0.25) is 0 Å². The summed E-state index contributed by atoms with van der Waals surface area (Å²) in [6, 6.07) is 16.2. The summed E-state index contributed by atoms with van der Waals surface area (Å²) in [6.45, 7) is 4.31. The average molecular weight is 286 g/mol. The minimum absolute atomic E-state index is 0.970. The zero-order valence-electron chi connectivity index (χ0n) is 12.3.